The number of halogens is 7. The zero-order valence-electron chi connectivity index (χ0n) is 12.4. The number of ether oxygens (including phenoxy) is 1. The van der Waals surface area contributed by atoms with Crippen LogP contribution in [0.1, 0.15) is 19.4 Å². The molecule has 1 aromatic carbocycles. The molecule has 0 radical (unpaired) electrons. The molecule has 2 nitrogen and oxygen atoms in total. The van der Waals surface area contributed by atoms with E-state index < -0.39 is 57.8 Å². The third-order valence-electron chi connectivity index (χ3n) is 4.13. The van der Waals surface area contributed by atoms with Crippen LogP contribution in [0.15, 0.2) is 10.6 Å². The summed E-state index contributed by atoms with van der Waals surface area (Å²) in [5, 5.41) is -1.30. The van der Waals surface area contributed by atoms with Gasteiger partial charge in [-0.3, -0.25) is 4.79 Å². The second-order valence-electron chi connectivity index (χ2n) is 5.94. The summed E-state index contributed by atoms with van der Waals surface area (Å²) in [6.07, 6.45) is 1.46. The molecule has 1 aromatic rings. The van der Waals surface area contributed by atoms with E-state index >= 15 is 0 Å². The predicted octanol–water partition coefficient (Wildman–Crippen LogP) is 5.53. The van der Waals surface area contributed by atoms with Crippen LogP contribution in [0, 0.1) is 40.5 Å². The SMILES string of the molecule is CC1(C)C(C=C(Cl)Cl)C1C(=O)OCc1c(F)c(F)c(Cl)c(F)c1F. The van der Waals surface area contributed by atoms with Crippen molar-refractivity contribution >= 4 is 40.8 Å². The van der Waals surface area contributed by atoms with Gasteiger partial charge >= 0.3 is 5.97 Å². The molecule has 0 aliphatic heterocycles. The van der Waals surface area contributed by atoms with Crippen LogP contribution in [-0.4, -0.2) is 5.97 Å². The molecule has 1 fully saturated rings. The van der Waals surface area contributed by atoms with E-state index in [-0.39, 0.29) is 10.4 Å². The van der Waals surface area contributed by atoms with Gasteiger partial charge in [0.15, 0.2) is 23.3 Å². The van der Waals surface area contributed by atoms with E-state index in [0.717, 1.165) is 0 Å². The van der Waals surface area contributed by atoms with Crippen molar-refractivity contribution in [3.8, 4) is 0 Å². The molecule has 2 atom stereocenters. The van der Waals surface area contributed by atoms with Crippen LogP contribution in [0.5, 0.6) is 0 Å². The second-order valence-corrected chi connectivity index (χ2v) is 7.32. The van der Waals surface area contributed by atoms with Gasteiger partial charge in [0.1, 0.15) is 16.1 Å². The zero-order valence-corrected chi connectivity index (χ0v) is 14.7. The number of rotatable bonds is 4. The molecule has 2 unspecified atom stereocenters. The molecule has 0 amide bonds. The first kappa shape index (κ1) is 19.3. The number of benzene rings is 1. The highest BCUT2D eigenvalue weighted by molar-refractivity contribution is 6.55. The summed E-state index contributed by atoms with van der Waals surface area (Å²) < 4.78 is 58.8. The molecule has 9 heteroatoms. The lowest BCUT2D eigenvalue weighted by Crippen LogP contribution is -2.13. The van der Waals surface area contributed by atoms with E-state index in [0.29, 0.717) is 0 Å². The van der Waals surface area contributed by atoms with Crippen LogP contribution in [0.3, 0.4) is 0 Å². The summed E-state index contributed by atoms with van der Waals surface area (Å²) in [6, 6.07) is 0. The molecule has 1 aliphatic carbocycles. The van der Waals surface area contributed by atoms with Gasteiger partial charge in [0.05, 0.1) is 11.5 Å². The van der Waals surface area contributed by atoms with Gasteiger partial charge in [-0.05, 0) is 17.4 Å². The monoisotopic (exact) mass is 404 g/mol. The molecule has 24 heavy (non-hydrogen) atoms. The molecule has 0 aromatic heterocycles. The van der Waals surface area contributed by atoms with Gasteiger partial charge in [0.2, 0.25) is 0 Å². The van der Waals surface area contributed by atoms with Crippen molar-refractivity contribution in [1.29, 1.82) is 0 Å². The van der Waals surface area contributed by atoms with E-state index in [1.807, 2.05) is 0 Å². The molecule has 0 spiro atoms. The Balaban J connectivity index is 2.16. The maximum Gasteiger partial charge on any atom is 0.310 e. The Morgan fingerprint density at radius 1 is 1.12 bits per heavy atom. The fourth-order valence-corrected chi connectivity index (χ4v) is 3.02. The summed E-state index contributed by atoms with van der Waals surface area (Å²) in [4.78, 5) is 12.0. The Morgan fingerprint density at radius 3 is 2.08 bits per heavy atom. The van der Waals surface area contributed by atoms with E-state index in [9.17, 15) is 22.4 Å². The fourth-order valence-electron chi connectivity index (χ4n) is 2.58. The maximum atomic E-state index is 13.7. The third-order valence-corrected chi connectivity index (χ3v) is 4.71. The molecule has 0 saturated heterocycles. The van der Waals surface area contributed by atoms with Crippen LogP contribution in [0.25, 0.3) is 0 Å². The number of allylic oxidation sites excluding steroid dienone is 1. The van der Waals surface area contributed by atoms with E-state index in [1.54, 1.807) is 13.8 Å². The van der Waals surface area contributed by atoms with Crippen LogP contribution in [0.4, 0.5) is 17.6 Å². The second kappa shape index (κ2) is 6.73. The summed E-state index contributed by atoms with van der Waals surface area (Å²) in [5.74, 6) is -8.65. The Labute approximate surface area is 150 Å². The van der Waals surface area contributed by atoms with Crippen molar-refractivity contribution in [2.24, 2.45) is 17.3 Å². The van der Waals surface area contributed by atoms with E-state index in [1.165, 1.54) is 6.08 Å². The fraction of sp³-hybridized carbons (Fsp3) is 0.400. The Hall–Kier alpha value is -0.980. The van der Waals surface area contributed by atoms with Gasteiger partial charge in [-0.15, -0.1) is 0 Å². The van der Waals surface area contributed by atoms with Crippen LogP contribution in [-0.2, 0) is 16.1 Å². The first-order valence-electron chi connectivity index (χ1n) is 6.69. The smallest absolute Gasteiger partial charge is 0.310 e. The molecule has 2 rings (SSSR count). The highest BCUT2D eigenvalue weighted by atomic mass is 35.5. The average molecular weight is 406 g/mol. The van der Waals surface area contributed by atoms with Gasteiger partial charge in [0, 0.05) is 0 Å². The van der Waals surface area contributed by atoms with Crippen molar-refractivity contribution in [3.05, 3.63) is 44.4 Å². The van der Waals surface area contributed by atoms with Crippen molar-refractivity contribution in [1.82, 2.24) is 0 Å². The van der Waals surface area contributed by atoms with Crippen molar-refractivity contribution in [2.45, 2.75) is 20.5 Å². The van der Waals surface area contributed by atoms with Gasteiger partial charge in [-0.2, -0.15) is 0 Å². The number of esters is 1. The Kier molecular flexibility index (Phi) is 5.43. The number of carbonyl (C=O) groups is 1. The molecule has 132 valence electrons. The van der Waals surface area contributed by atoms with Crippen LogP contribution >= 0.6 is 34.8 Å². The minimum absolute atomic E-state index is 0.0256. The third kappa shape index (κ3) is 3.37. The largest absolute Gasteiger partial charge is 0.460 e. The first-order valence-corrected chi connectivity index (χ1v) is 7.83. The zero-order chi connectivity index (χ0) is 18.4. The summed E-state index contributed by atoms with van der Waals surface area (Å²) >= 11 is 16.2. The minimum atomic E-state index is -1.75. The number of carbonyl (C=O) groups excluding carboxylic acids is 1. The normalized spacial score (nSPS) is 21.4. The standard InChI is InChI=1S/C15H11Cl3F4O2/c1-15(2)6(3-7(16)17)8(15)14(23)24-4-5-10(19)12(21)9(18)13(22)11(5)20/h3,6,8H,4H2,1-2H3. The average Bonchev–Trinajstić information content (AvgIpc) is 3.02. The molecular weight excluding hydrogens is 395 g/mol. The van der Waals surface area contributed by atoms with Crippen molar-refractivity contribution in [2.75, 3.05) is 0 Å². The molecule has 1 aliphatic rings. The van der Waals surface area contributed by atoms with Gasteiger partial charge in [-0.1, -0.05) is 48.7 Å². The molecular formula is C15H11Cl3F4O2. The highest BCUT2D eigenvalue weighted by Crippen LogP contribution is 2.60. The highest BCUT2D eigenvalue weighted by Gasteiger charge is 2.61. The quantitative estimate of drug-likeness (QED) is 0.285. The van der Waals surface area contributed by atoms with Gasteiger partial charge in [0.25, 0.3) is 0 Å². The van der Waals surface area contributed by atoms with Crippen LogP contribution in [0.2, 0.25) is 5.02 Å². The topological polar surface area (TPSA) is 26.3 Å². The molecule has 0 heterocycles. The molecule has 1 saturated carbocycles. The minimum Gasteiger partial charge on any atom is -0.460 e. The lowest BCUT2D eigenvalue weighted by atomic mass is 10.1. The summed E-state index contributed by atoms with van der Waals surface area (Å²) in [6.45, 7) is 2.53. The van der Waals surface area contributed by atoms with Crippen LogP contribution < -0.4 is 0 Å². The van der Waals surface area contributed by atoms with Gasteiger partial charge < -0.3 is 4.74 Å². The summed E-state index contributed by atoms with van der Waals surface area (Å²) in [5.41, 5.74) is -1.57. The molecule has 0 bridgehead atoms. The maximum absolute atomic E-state index is 13.7. The summed E-state index contributed by atoms with van der Waals surface area (Å²) in [7, 11) is 0. The lowest BCUT2D eigenvalue weighted by Gasteiger charge is -2.10. The number of hydrogen-bond donors (Lipinski definition) is 0. The Morgan fingerprint density at radius 2 is 1.62 bits per heavy atom. The van der Waals surface area contributed by atoms with Crippen molar-refractivity contribution in [3.63, 3.8) is 0 Å². The predicted molar refractivity (Wildman–Crippen MR) is 81.6 cm³/mol. The lowest BCUT2D eigenvalue weighted by molar-refractivity contribution is -0.147. The van der Waals surface area contributed by atoms with E-state index in [2.05, 4.69) is 0 Å². The first-order chi connectivity index (χ1) is 11.0. The molecule has 0 N–H and O–H groups in total. The van der Waals surface area contributed by atoms with Crippen molar-refractivity contribution < 1.29 is 27.1 Å². The number of hydrogen-bond acceptors (Lipinski definition) is 2. The van der Waals surface area contributed by atoms with Gasteiger partial charge in [-0.25, -0.2) is 17.6 Å². The van der Waals surface area contributed by atoms with E-state index in [4.69, 9.17) is 39.5 Å². The Bertz CT molecular complexity index is 701.